The van der Waals surface area contributed by atoms with Crippen molar-refractivity contribution < 1.29 is 13.2 Å². The maximum Gasteiger partial charge on any atom is 0.240 e. The molecule has 1 amide bonds. The zero-order chi connectivity index (χ0) is 20.8. The second kappa shape index (κ2) is 9.34. The fraction of sp³-hybridized carbons (Fsp3) is 0.409. The topological polar surface area (TPSA) is 75.3 Å². The highest BCUT2D eigenvalue weighted by atomic mass is 32.2. The van der Waals surface area contributed by atoms with E-state index in [0.717, 1.165) is 11.1 Å². The molecule has 6 heteroatoms. The van der Waals surface area contributed by atoms with Crippen molar-refractivity contribution in [3.8, 4) is 0 Å². The molecule has 0 aliphatic carbocycles. The maximum atomic E-state index is 12.4. The minimum atomic E-state index is -3.62. The summed E-state index contributed by atoms with van der Waals surface area (Å²) in [6, 6.07) is 16.8. The molecule has 28 heavy (non-hydrogen) atoms. The van der Waals surface area contributed by atoms with E-state index in [2.05, 4.69) is 30.8 Å². The molecule has 0 aliphatic rings. The predicted octanol–water partition coefficient (Wildman–Crippen LogP) is 3.57. The van der Waals surface area contributed by atoms with Crippen molar-refractivity contribution in [3.05, 3.63) is 65.7 Å². The van der Waals surface area contributed by atoms with E-state index in [0.29, 0.717) is 6.54 Å². The molecule has 1 atom stereocenters. The van der Waals surface area contributed by atoms with Crippen LogP contribution in [0.5, 0.6) is 0 Å². The summed E-state index contributed by atoms with van der Waals surface area (Å²) in [5, 5.41) is 2.86. The minimum absolute atomic E-state index is 0.0370. The number of nitrogens with one attached hydrogen (secondary N) is 2. The second-order valence-electron chi connectivity index (χ2n) is 8.04. The van der Waals surface area contributed by atoms with Crippen LogP contribution in [0.3, 0.4) is 0 Å². The highest BCUT2D eigenvalue weighted by Crippen LogP contribution is 2.23. The van der Waals surface area contributed by atoms with Crippen LogP contribution in [0.4, 0.5) is 0 Å². The van der Waals surface area contributed by atoms with Gasteiger partial charge >= 0.3 is 0 Å². The summed E-state index contributed by atoms with van der Waals surface area (Å²) in [6.45, 7) is 8.85. The first-order valence-corrected chi connectivity index (χ1v) is 11.0. The lowest BCUT2D eigenvalue weighted by Gasteiger charge is -2.19. The Morgan fingerprint density at radius 2 is 1.61 bits per heavy atom. The number of amides is 1. The third-order valence-electron chi connectivity index (χ3n) is 4.65. The van der Waals surface area contributed by atoms with Crippen LogP contribution in [0, 0.1) is 0 Å². The molecule has 0 spiro atoms. The number of carbonyl (C=O) groups is 1. The van der Waals surface area contributed by atoms with Gasteiger partial charge in [0.2, 0.25) is 15.9 Å². The van der Waals surface area contributed by atoms with Gasteiger partial charge in [0.1, 0.15) is 0 Å². The summed E-state index contributed by atoms with van der Waals surface area (Å²) in [6.07, 6.45) is 0.0980. The van der Waals surface area contributed by atoms with E-state index in [9.17, 15) is 13.2 Å². The van der Waals surface area contributed by atoms with Crippen LogP contribution in [0.15, 0.2) is 59.5 Å². The van der Waals surface area contributed by atoms with Crippen LogP contribution in [0.1, 0.15) is 51.2 Å². The number of benzene rings is 2. The molecule has 0 saturated carbocycles. The van der Waals surface area contributed by atoms with Gasteiger partial charge in [-0.2, -0.15) is 0 Å². The number of rotatable bonds is 8. The fourth-order valence-electron chi connectivity index (χ4n) is 2.77. The van der Waals surface area contributed by atoms with Crippen molar-refractivity contribution >= 4 is 15.9 Å². The Morgan fingerprint density at radius 1 is 1.00 bits per heavy atom. The molecule has 0 fully saturated rings. The summed E-state index contributed by atoms with van der Waals surface area (Å²) in [5.74, 6) is 0.0248. The van der Waals surface area contributed by atoms with E-state index in [1.165, 1.54) is 0 Å². The third-order valence-corrected chi connectivity index (χ3v) is 6.13. The van der Waals surface area contributed by atoms with Crippen molar-refractivity contribution in [1.82, 2.24) is 10.0 Å². The summed E-state index contributed by atoms with van der Waals surface area (Å²) in [5.41, 5.74) is 2.19. The molecule has 2 aromatic carbocycles. The normalized spacial score (nSPS) is 13.1. The Labute approximate surface area is 168 Å². The second-order valence-corrected chi connectivity index (χ2v) is 9.80. The van der Waals surface area contributed by atoms with Gasteiger partial charge in [-0.15, -0.1) is 0 Å². The average Bonchev–Trinajstić information content (AvgIpc) is 2.66. The first-order valence-electron chi connectivity index (χ1n) is 9.51. The van der Waals surface area contributed by atoms with Gasteiger partial charge in [-0.3, -0.25) is 4.79 Å². The summed E-state index contributed by atoms with van der Waals surface area (Å²) >= 11 is 0. The molecule has 0 heterocycles. The van der Waals surface area contributed by atoms with Crippen LogP contribution in [-0.2, 0) is 20.2 Å². The van der Waals surface area contributed by atoms with Gasteiger partial charge < -0.3 is 5.32 Å². The molecule has 0 bridgehead atoms. The van der Waals surface area contributed by atoms with Gasteiger partial charge in [-0.25, -0.2) is 13.1 Å². The smallest absolute Gasteiger partial charge is 0.240 e. The van der Waals surface area contributed by atoms with Crippen LogP contribution in [0.2, 0.25) is 0 Å². The van der Waals surface area contributed by atoms with E-state index in [4.69, 9.17) is 0 Å². The molecule has 2 aromatic rings. The molecule has 2 N–H and O–H groups in total. The molecule has 1 unspecified atom stereocenters. The van der Waals surface area contributed by atoms with Gasteiger partial charge in [0.05, 0.1) is 4.90 Å². The quantitative estimate of drug-likeness (QED) is 0.709. The minimum Gasteiger partial charge on any atom is -0.355 e. The zero-order valence-electron chi connectivity index (χ0n) is 17.0. The molecule has 0 radical (unpaired) electrons. The third kappa shape index (κ3) is 6.46. The van der Waals surface area contributed by atoms with Crippen molar-refractivity contribution in [2.75, 3.05) is 13.1 Å². The van der Waals surface area contributed by atoms with E-state index in [1.807, 2.05) is 49.4 Å². The lowest BCUT2D eigenvalue weighted by Crippen LogP contribution is -2.32. The number of sulfonamides is 1. The Bertz CT molecular complexity index is 870. The van der Waals surface area contributed by atoms with Gasteiger partial charge in [0.25, 0.3) is 0 Å². The van der Waals surface area contributed by atoms with Crippen molar-refractivity contribution in [1.29, 1.82) is 0 Å². The van der Waals surface area contributed by atoms with Crippen molar-refractivity contribution in [2.45, 2.75) is 50.3 Å². The largest absolute Gasteiger partial charge is 0.355 e. The summed E-state index contributed by atoms with van der Waals surface area (Å²) in [4.78, 5) is 12.2. The van der Waals surface area contributed by atoms with Crippen molar-refractivity contribution in [3.63, 3.8) is 0 Å². The standard InChI is InChI=1S/C22H30N2O3S/c1-17(18-8-6-5-7-9-18)16-23-21(25)14-15-24-28(26,27)20-12-10-19(11-13-20)22(2,3)4/h5-13,17,24H,14-16H2,1-4H3,(H,23,25). The molecular formula is C22H30N2O3S. The maximum absolute atomic E-state index is 12.4. The Morgan fingerprint density at radius 3 is 2.18 bits per heavy atom. The molecule has 5 nitrogen and oxygen atoms in total. The molecule has 0 saturated heterocycles. The van der Waals surface area contributed by atoms with Gasteiger partial charge in [-0.1, -0.05) is 70.2 Å². The summed E-state index contributed by atoms with van der Waals surface area (Å²) in [7, 11) is -3.62. The average molecular weight is 403 g/mol. The van der Waals surface area contributed by atoms with Crippen LogP contribution in [0.25, 0.3) is 0 Å². The fourth-order valence-corrected chi connectivity index (χ4v) is 3.80. The van der Waals surface area contributed by atoms with E-state index in [1.54, 1.807) is 12.1 Å². The monoisotopic (exact) mass is 402 g/mol. The first-order chi connectivity index (χ1) is 13.1. The highest BCUT2D eigenvalue weighted by Gasteiger charge is 2.17. The Kier molecular flexibility index (Phi) is 7.38. The molecule has 152 valence electrons. The number of hydrogen-bond acceptors (Lipinski definition) is 3. The SMILES string of the molecule is CC(CNC(=O)CCNS(=O)(=O)c1ccc(C(C)(C)C)cc1)c1ccccc1. The number of carbonyl (C=O) groups excluding carboxylic acids is 1. The summed E-state index contributed by atoms with van der Waals surface area (Å²) < 4.78 is 27.3. The van der Waals surface area contributed by atoms with E-state index in [-0.39, 0.29) is 35.1 Å². The highest BCUT2D eigenvalue weighted by molar-refractivity contribution is 7.89. The molecule has 0 aliphatic heterocycles. The van der Waals surface area contributed by atoms with Crippen LogP contribution < -0.4 is 10.0 Å². The zero-order valence-corrected chi connectivity index (χ0v) is 17.8. The predicted molar refractivity (Wildman–Crippen MR) is 113 cm³/mol. The van der Waals surface area contributed by atoms with Crippen LogP contribution >= 0.6 is 0 Å². The van der Waals surface area contributed by atoms with E-state index >= 15 is 0 Å². The Hall–Kier alpha value is -2.18. The van der Waals surface area contributed by atoms with Crippen molar-refractivity contribution in [2.24, 2.45) is 0 Å². The number of hydrogen-bond donors (Lipinski definition) is 2. The van der Waals surface area contributed by atoms with Crippen LogP contribution in [-0.4, -0.2) is 27.4 Å². The Balaban J connectivity index is 1.80. The molecular weight excluding hydrogens is 372 g/mol. The van der Waals surface area contributed by atoms with Gasteiger partial charge in [0, 0.05) is 19.5 Å². The molecule has 2 rings (SSSR count). The lowest BCUT2D eigenvalue weighted by molar-refractivity contribution is -0.120. The van der Waals surface area contributed by atoms with E-state index < -0.39 is 10.0 Å². The first kappa shape index (κ1) is 22.1. The lowest BCUT2D eigenvalue weighted by atomic mass is 9.87. The van der Waals surface area contributed by atoms with Gasteiger partial charge in [0.15, 0.2) is 0 Å². The van der Waals surface area contributed by atoms with Gasteiger partial charge in [-0.05, 0) is 34.6 Å². The molecule has 0 aromatic heterocycles.